The summed E-state index contributed by atoms with van der Waals surface area (Å²) >= 11 is 0. The maximum atomic E-state index is 14.7. The van der Waals surface area contributed by atoms with E-state index in [1.165, 1.54) is 30.2 Å². The van der Waals surface area contributed by atoms with Gasteiger partial charge in [-0.1, -0.05) is 30.3 Å². The van der Waals surface area contributed by atoms with Crippen LogP contribution in [0.2, 0.25) is 0 Å². The summed E-state index contributed by atoms with van der Waals surface area (Å²) in [6.45, 7) is 0.948. The Hall–Kier alpha value is -3.19. The van der Waals surface area contributed by atoms with Gasteiger partial charge in [0.2, 0.25) is 0 Å². The second kappa shape index (κ2) is 9.09. The van der Waals surface area contributed by atoms with Crippen molar-refractivity contribution in [3.63, 3.8) is 0 Å². The number of amides is 1. The summed E-state index contributed by atoms with van der Waals surface area (Å²) in [6, 6.07) is 11.6. The summed E-state index contributed by atoms with van der Waals surface area (Å²) in [6.07, 6.45) is 0.597. The maximum Gasteiger partial charge on any atom is 0.295 e. The van der Waals surface area contributed by atoms with Crippen LogP contribution in [0.15, 0.2) is 54.1 Å². The Labute approximate surface area is 175 Å². The molecule has 0 spiro atoms. The molecule has 7 heteroatoms. The van der Waals surface area contributed by atoms with Gasteiger partial charge >= 0.3 is 0 Å². The van der Waals surface area contributed by atoms with Gasteiger partial charge in [0.15, 0.2) is 0 Å². The highest BCUT2D eigenvalue weighted by Gasteiger charge is 2.46. The number of ether oxygens (including phenoxy) is 1. The van der Waals surface area contributed by atoms with E-state index >= 15 is 0 Å². The number of para-hydroxylation sites is 1. The number of hydrogen-bond acceptors (Lipinski definition) is 5. The first kappa shape index (κ1) is 21.5. The molecule has 1 unspecified atom stereocenters. The van der Waals surface area contributed by atoms with Crippen LogP contribution in [0.25, 0.3) is 5.76 Å². The van der Waals surface area contributed by atoms with E-state index in [9.17, 15) is 19.1 Å². The Morgan fingerprint density at radius 3 is 2.47 bits per heavy atom. The Bertz CT molecular complexity index is 987. The van der Waals surface area contributed by atoms with Crippen LogP contribution in [0.3, 0.4) is 0 Å². The summed E-state index contributed by atoms with van der Waals surface area (Å²) in [7, 11) is 5.26. The third-order valence-electron chi connectivity index (χ3n) is 5.11. The molecule has 1 heterocycles. The van der Waals surface area contributed by atoms with E-state index in [4.69, 9.17) is 4.74 Å². The number of halogens is 1. The van der Waals surface area contributed by atoms with E-state index in [2.05, 4.69) is 0 Å². The second-order valence-electron chi connectivity index (χ2n) is 7.37. The number of carbonyl (C=O) groups is 2. The zero-order valence-corrected chi connectivity index (χ0v) is 17.3. The third-order valence-corrected chi connectivity index (χ3v) is 5.11. The molecule has 1 saturated heterocycles. The van der Waals surface area contributed by atoms with Crippen LogP contribution >= 0.6 is 0 Å². The lowest BCUT2D eigenvalue weighted by Crippen LogP contribution is -2.32. The van der Waals surface area contributed by atoms with Gasteiger partial charge in [-0.3, -0.25) is 9.59 Å². The van der Waals surface area contributed by atoms with Gasteiger partial charge in [-0.2, -0.15) is 0 Å². The average molecular weight is 412 g/mol. The van der Waals surface area contributed by atoms with Gasteiger partial charge in [-0.25, -0.2) is 4.39 Å². The van der Waals surface area contributed by atoms with Crippen molar-refractivity contribution in [1.29, 1.82) is 0 Å². The summed E-state index contributed by atoms with van der Waals surface area (Å²) in [4.78, 5) is 29.1. The molecule has 158 valence electrons. The molecule has 1 atom stereocenters. The maximum absolute atomic E-state index is 14.7. The van der Waals surface area contributed by atoms with Crippen LogP contribution in [-0.4, -0.2) is 60.9 Å². The zero-order chi connectivity index (χ0) is 21.8. The molecule has 0 radical (unpaired) electrons. The van der Waals surface area contributed by atoms with Gasteiger partial charge < -0.3 is 19.6 Å². The summed E-state index contributed by atoms with van der Waals surface area (Å²) in [5, 5.41) is 11.0. The molecule has 1 fully saturated rings. The number of ketones is 1. The number of rotatable bonds is 7. The minimum atomic E-state index is -1.02. The van der Waals surface area contributed by atoms with Crippen LogP contribution in [0, 0.1) is 5.82 Å². The van der Waals surface area contributed by atoms with Crippen molar-refractivity contribution in [1.82, 2.24) is 9.80 Å². The first-order chi connectivity index (χ1) is 14.4. The summed E-state index contributed by atoms with van der Waals surface area (Å²) < 4.78 is 20.0. The van der Waals surface area contributed by atoms with E-state index in [0.717, 1.165) is 0 Å². The van der Waals surface area contributed by atoms with Gasteiger partial charge in [-0.15, -0.1) is 0 Å². The SMILES string of the molecule is COc1ccccc1/C(O)=C1\C(=O)C(=O)N(CCCN(C)C)C1c1ccccc1F. The predicted octanol–water partition coefficient (Wildman–Crippen LogP) is 3.21. The van der Waals surface area contributed by atoms with Gasteiger partial charge in [0.25, 0.3) is 11.7 Å². The highest BCUT2D eigenvalue weighted by Crippen LogP contribution is 2.41. The number of benzene rings is 2. The Morgan fingerprint density at radius 1 is 1.13 bits per heavy atom. The van der Waals surface area contributed by atoms with Crippen LogP contribution in [-0.2, 0) is 9.59 Å². The fourth-order valence-electron chi connectivity index (χ4n) is 3.67. The molecule has 1 aliphatic heterocycles. The minimum Gasteiger partial charge on any atom is -0.507 e. The lowest BCUT2D eigenvalue weighted by Gasteiger charge is -2.26. The first-order valence-corrected chi connectivity index (χ1v) is 9.67. The van der Waals surface area contributed by atoms with Crippen LogP contribution in [0.4, 0.5) is 4.39 Å². The molecule has 6 nitrogen and oxygen atoms in total. The standard InChI is InChI=1S/C23H25FN2O4/c1-25(2)13-8-14-26-20(15-9-4-6-11-17(15)24)19(22(28)23(26)29)21(27)16-10-5-7-12-18(16)30-3/h4-7,9-12,20,27H,8,13-14H2,1-3H3/b21-19+. The molecule has 1 aliphatic rings. The third kappa shape index (κ3) is 4.07. The minimum absolute atomic E-state index is 0.139. The second-order valence-corrected chi connectivity index (χ2v) is 7.37. The van der Waals surface area contributed by atoms with Crippen molar-refractivity contribution in [3.05, 3.63) is 71.0 Å². The topological polar surface area (TPSA) is 70.1 Å². The molecular formula is C23H25FN2O4. The summed E-state index contributed by atoms with van der Waals surface area (Å²) in [5.41, 5.74) is 0.296. The molecule has 1 amide bonds. The number of nitrogens with zero attached hydrogens (tertiary/aromatic N) is 2. The quantitative estimate of drug-likeness (QED) is 0.430. The number of aliphatic hydroxyl groups is 1. The Kier molecular flexibility index (Phi) is 6.52. The van der Waals surface area contributed by atoms with Crippen LogP contribution in [0.5, 0.6) is 5.75 Å². The van der Waals surface area contributed by atoms with Crippen molar-refractivity contribution in [2.45, 2.75) is 12.5 Å². The zero-order valence-electron chi connectivity index (χ0n) is 17.3. The van der Waals surface area contributed by atoms with Crippen molar-refractivity contribution in [2.75, 3.05) is 34.3 Å². The number of aliphatic hydroxyl groups excluding tert-OH is 1. The van der Waals surface area contributed by atoms with Gasteiger partial charge in [0.05, 0.1) is 24.3 Å². The lowest BCUT2D eigenvalue weighted by atomic mass is 9.94. The predicted molar refractivity (Wildman–Crippen MR) is 112 cm³/mol. The molecule has 0 aliphatic carbocycles. The molecule has 30 heavy (non-hydrogen) atoms. The van der Waals surface area contributed by atoms with E-state index in [-0.39, 0.29) is 29.0 Å². The number of methoxy groups -OCH3 is 1. The number of likely N-dealkylation sites (tertiary alicyclic amines) is 1. The van der Waals surface area contributed by atoms with Crippen molar-refractivity contribution >= 4 is 17.4 Å². The molecule has 1 N–H and O–H groups in total. The molecule has 2 aromatic rings. The smallest absolute Gasteiger partial charge is 0.295 e. The molecular weight excluding hydrogens is 387 g/mol. The molecule has 3 rings (SSSR count). The summed E-state index contributed by atoms with van der Waals surface area (Å²) in [5.74, 6) is -2.17. The largest absolute Gasteiger partial charge is 0.507 e. The monoisotopic (exact) mass is 412 g/mol. The van der Waals surface area contributed by atoms with E-state index < -0.39 is 23.5 Å². The Morgan fingerprint density at radius 2 is 1.80 bits per heavy atom. The van der Waals surface area contributed by atoms with E-state index in [1.807, 2.05) is 19.0 Å². The lowest BCUT2D eigenvalue weighted by molar-refractivity contribution is -0.140. The normalized spacial score (nSPS) is 18.3. The molecule has 0 saturated carbocycles. The van der Waals surface area contributed by atoms with Crippen LogP contribution in [0.1, 0.15) is 23.6 Å². The van der Waals surface area contributed by atoms with Crippen LogP contribution < -0.4 is 4.74 Å². The number of Topliss-reactive ketones (excluding diaryl/α,β-unsaturated/α-hetero) is 1. The molecule has 0 bridgehead atoms. The van der Waals surface area contributed by atoms with Crippen molar-refractivity contribution in [3.8, 4) is 5.75 Å². The molecule has 0 aromatic heterocycles. The first-order valence-electron chi connectivity index (χ1n) is 9.67. The van der Waals surface area contributed by atoms with E-state index in [0.29, 0.717) is 18.7 Å². The van der Waals surface area contributed by atoms with E-state index in [1.54, 1.807) is 30.3 Å². The number of hydrogen-bond donors (Lipinski definition) is 1. The fraction of sp³-hybridized carbons (Fsp3) is 0.304. The highest BCUT2D eigenvalue weighted by atomic mass is 19.1. The van der Waals surface area contributed by atoms with Crippen molar-refractivity contribution in [2.24, 2.45) is 0 Å². The molecule has 2 aromatic carbocycles. The van der Waals surface area contributed by atoms with Gasteiger partial charge in [0.1, 0.15) is 17.3 Å². The van der Waals surface area contributed by atoms with Gasteiger partial charge in [0, 0.05) is 12.1 Å². The van der Waals surface area contributed by atoms with Crippen molar-refractivity contribution < 1.29 is 23.8 Å². The Balaban J connectivity index is 2.15. The van der Waals surface area contributed by atoms with Gasteiger partial charge in [-0.05, 0) is 45.3 Å². The average Bonchev–Trinajstić information content (AvgIpc) is 2.98. The fourth-order valence-corrected chi connectivity index (χ4v) is 3.67. The number of carbonyl (C=O) groups excluding carboxylic acids is 2. The highest BCUT2D eigenvalue weighted by molar-refractivity contribution is 6.46.